The standard InChI is InChI=1S/C10H9BrFNO/c11-5-9-6-14-10(13-9)7-1-3-8(12)4-2-7/h1-4,9H,5-6H2. The van der Waals surface area contributed by atoms with Crippen LogP contribution in [0, 0.1) is 5.82 Å². The molecule has 1 aliphatic heterocycles. The molecule has 1 unspecified atom stereocenters. The van der Waals surface area contributed by atoms with Gasteiger partial charge in [0.05, 0.1) is 6.04 Å². The molecule has 0 fully saturated rings. The Balaban J connectivity index is 2.20. The third-order valence-electron chi connectivity index (χ3n) is 1.98. The normalized spacial score (nSPS) is 20.4. The first-order valence-corrected chi connectivity index (χ1v) is 5.44. The first kappa shape index (κ1) is 9.65. The summed E-state index contributed by atoms with van der Waals surface area (Å²) in [5.41, 5.74) is 0.829. The molecule has 0 bridgehead atoms. The van der Waals surface area contributed by atoms with Crippen molar-refractivity contribution < 1.29 is 9.13 Å². The molecule has 0 amide bonds. The predicted octanol–water partition coefficient (Wildman–Crippen LogP) is 2.37. The number of rotatable bonds is 2. The van der Waals surface area contributed by atoms with Gasteiger partial charge in [-0.15, -0.1) is 0 Å². The highest BCUT2D eigenvalue weighted by Gasteiger charge is 2.18. The number of nitrogens with zero attached hydrogens (tertiary/aromatic N) is 1. The van der Waals surface area contributed by atoms with Crippen molar-refractivity contribution in [2.24, 2.45) is 4.99 Å². The average Bonchev–Trinajstić information content (AvgIpc) is 2.67. The molecule has 2 rings (SSSR count). The number of alkyl halides is 1. The molecule has 0 aromatic heterocycles. The van der Waals surface area contributed by atoms with Gasteiger partial charge in [-0.05, 0) is 24.3 Å². The maximum atomic E-state index is 12.6. The second kappa shape index (κ2) is 4.09. The van der Waals surface area contributed by atoms with Crippen LogP contribution in [0.15, 0.2) is 29.3 Å². The highest BCUT2D eigenvalue weighted by molar-refractivity contribution is 9.09. The van der Waals surface area contributed by atoms with Crippen molar-refractivity contribution in [3.05, 3.63) is 35.6 Å². The summed E-state index contributed by atoms with van der Waals surface area (Å²) in [7, 11) is 0. The van der Waals surface area contributed by atoms with Crippen LogP contribution in [0.3, 0.4) is 0 Å². The quantitative estimate of drug-likeness (QED) is 0.746. The first-order valence-electron chi connectivity index (χ1n) is 4.32. The van der Waals surface area contributed by atoms with Crippen LogP contribution in [-0.4, -0.2) is 23.9 Å². The van der Waals surface area contributed by atoms with E-state index < -0.39 is 0 Å². The van der Waals surface area contributed by atoms with Gasteiger partial charge >= 0.3 is 0 Å². The van der Waals surface area contributed by atoms with Gasteiger partial charge in [0.1, 0.15) is 12.4 Å². The minimum absolute atomic E-state index is 0.176. The Hall–Kier alpha value is -0.900. The Morgan fingerprint density at radius 3 is 2.71 bits per heavy atom. The number of hydrogen-bond donors (Lipinski definition) is 0. The molecule has 1 aliphatic rings. The fourth-order valence-corrected chi connectivity index (χ4v) is 1.58. The van der Waals surface area contributed by atoms with Gasteiger partial charge in [-0.3, -0.25) is 0 Å². The summed E-state index contributed by atoms with van der Waals surface area (Å²) in [5, 5.41) is 0.789. The van der Waals surface area contributed by atoms with E-state index >= 15 is 0 Å². The molecule has 1 heterocycles. The molecule has 2 nitrogen and oxygen atoms in total. The Morgan fingerprint density at radius 2 is 2.14 bits per heavy atom. The lowest BCUT2D eigenvalue weighted by Gasteiger charge is -1.99. The van der Waals surface area contributed by atoms with E-state index in [0.717, 1.165) is 10.9 Å². The lowest BCUT2D eigenvalue weighted by atomic mass is 10.2. The van der Waals surface area contributed by atoms with Crippen molar-refractivity contribution in [2.75, 3.05) is 11.9 Å². The van der Waals surface area contributed by atoms with Crippen LogP contribution in [0.1, 0.15) is 5.56 Å². The summed E-state index contributed by atoms with van der Waals surface area (Å²) in [6.45, 7) is 0.595. The zero-order valence-corrected chi connectivity index (χ0v) is 9.00. The second-order valence-electron chi connectivity index (χ2n) is 3.06. The number of hydrogen-bond acceptors (Lipinski definition) is 2. The number of aliphatic imine (C=N–C) groups is 1. The Labute approximate surface area is 89.9 Å². The molecule has 1 aromatic rings. The largest absolute Gasteiger partial charge is 0.475 e. The highest BCUT2D eigenvalue weighted by atomic mass is 79.9. The van der Waals surface area contributed by atoms with Gasteiger partial charge in [-0.1, -0.05) is 15.9 Å². The molecule has 1 atom stereocenters. The zero-order valence-electron chi connectivity index (χ0n) is 7.41. The van der Waals surface area contributed by atoms with Gasteiger partial charge in [-0.2, -0.15) is 0 Å². The van der Waals surface area contributed by atoms with Crippen LogP contribution < -0.4 is 0 Å². The van der Waals surface area contributed by atoms with E-state index in [2.05, 4.69) is 20.9 Å². The molecule has 14 heavy (non-hydrogen) atoms. The molecule has 0 saturated heterocycles. The summed E-state index contributed by atoms with van der Waals surface area (Å²) >= 11 is 3.34. The lowest BCUT2D eigenvalue weighted by Crippen LogP contribution is -2.06. The van der Waals surface area contributed by atoms with Gasteiger partial charge in [0, 0.05) is 10.9 Å². The van der Waals surface area contributed by atoms with Gasteiger partial charge in [0.25, 0.3) is 0 Å². The van der Waals surface area contributed by atoms with Crippen LogP contribution in [0.5, 0.6) is 0 Å². The SMILES string of the molecule is Fc1ccc(C2=NC(CBr)CO2)cc1. The maximum absolute atomic E-state index is 12.6. The van der Waals surface area contributed by atoms with Crippen molar-refractivity contribution >= 4 is 21.8 Å². The van der Waals surface area contributed by atoms with Gasteiger partial charge in [-0.25, -0.2) is 9.38 Å². The first-order chi connectivity index (χ1) is 6.79. The van der Waals surface area contributed by atoms with E-state index in [4.69, 9.17) is 4.74 Å². The van der Waals surface area contributed by atoms with Crippen molar-refractivity contribution in [1.82, 2.24) is 0 Å². The summed E-state index contributed by atoms with van der Waals surface area (Å²) in [4.78, 5) is 4.33. The van der Waals surface area contributed by atoms with Crippen molar-refractivity contribution in [1.29, 1.82) is 0 Å². The maximum Gasteiger partial charge on any atom is 0.216 e. The van der Waals surface area contributed by atoms with Crippen molar-refractivity contribution in [3.8, 4) is 0 Å². The van der Waals surface area contributed by atoms with Gasteiger partial charge < -0.3 is 4.74 Å². The van der Waals surface area contributed by atoms with Crippen molar-refractivity contribution in [3.63, 3.8) is 0 Å². The fraction of sp³-hybridized carbons (Fsp3) is 0.300. The molecule has 0 N–H and O–H groups in total. The van der Waals surface area contributed by atoms with Crippen LogP contribution in [0.25, 0.3) is 0 Å². The van der Waals surface area contributed by atoms with Gasteiger partial charge in [0.2, 0.25) is 5.90 Å². The molecule has 74 valence electrons. The molecule has 0 radical (unpaired) electrons. The van der Waals surface area contributed by atoms with E-state index in [1.54, 1.807) is 12.1 Å². The van der Waals surface area contributed by atoms with Crippen LogP contribution >= 0.6 is 15.9 Å². The molecular formula is C10H9BrFNO. The van der Waals surface area contributed by atoms with Crippen LogP contribution in [0.2, 0.25) is 0 Å². The smallest absolute Gasteiger partial charge is 0.216 e. The second-order valence-corrected chi connectivity index (χ2v) is 3.71. The van der Waals surface area contributed by atoms with Crippen LogP contribution in [0.4, 0.5) is 4.39 Å². The van der Waals surface area contributed by atoms with Crippen molar-refractivity contribution in [2.45, 2.75) is 6.04 Å². The van der Waals surface area contributed by atoms with Gasteiger partial charge in [0.15, 0.2) is 0 Å². The number of benzene rings is 1. The molecular weight excluding hydrogens is 249 g/mol. The molecule has 0 spiro atoms. The lowest BCUT2D eigenvalue weighted by molar-refractivity contribution is 0.326. The summed E-state index contributed by atoms with van der Waals surface area (Å²) in [5.74, 6) is 0.360. The molecule has 1 aromatic carbocycles. The number of halogens is 2. The third kappa shape index (κ3) is 1.95. The van der Waals surface area contributed by atoms with E-state index in [1.807, 2.05) is 0 Å². The summed E-state index contributed by atoms with van der Waals surface area (Å²) < 4.78 is 18.0. The van der Waals surface area contributed by atoms with Crippen LogP contribution in [-0.2, 0) is 4.74 Å². The predicted molar refractivity (Wildman–Crippen MR) is 56.5 cm³/mol. The molecule has 0 aliphatic carbocycles. The average molecular weight is 258 g/mol. The third-order valence-corrected chi connectivity index (χ3v) is 2.73. The zero-order chi connectivity index (χ0) is 9.97. The summed E-state index contributed by atoms with van der Waals surface area (Å²) in [6, 6.07) is 6.33. The minimum Gasteiger partial charge on any atom is -0.475 e. The Bertz CT molecular complexity index is 350. The van der Waals surface area contributed by atoms with E-state index in [0.29, 0.717) is 12.5 Å². The highest BCUT2D eigenvalue weighted by Crippen LogP contribution is 2.13. The summed E-state index contributed by atoms with van der Waals surface area (Å²) in [6.07, 6.45) is 0. The Morgan fingerprint density at radius 1 is 1.43 bits per heavy atom. The number of ether oxygens (including phenoxy) is 1. The minimum atomic E-state index is -0.246. The fourth-order valence-electron chi connectivity index (χ4n) is 1.24. The molecule has 4 heteroatoms. The van der Waals surface area contributed by atoms with E-state index in [1.165, 1.54) is 12.1 Å². The Kier molecular flexibility index (Phi) is 2.82. The molecule has 0 saturated carbocycles. The monoisotopic (exact) mass is 257 g/mol. The topological polar surface area (TPSA) is 21.6 Å². The van der Waals surface area contributed by atoms with E-state index in [9.17, 15) is 4.39 Å². The van der Waals surface area contributed by atoms with E-state index in [-0.39, 0.29) is 11.9 Å².